The highest BCUT2D eigenvalue weighted by Crippen LogP contribution is 2.18. The number of rotatable bonds is 67. The molecule has 474 valence electrons. The van der Waals surface area contributed by atoms with Gasteiger partial charge in [-0.2, -0.15) is 0 Å². The largest absolute Gasteiger partial charge is 0.462 e. The summed E-state index contributed by atoms with van der Waals surface area (Å²) in [6.45, 7) is 6.67. The van der Waals surface area contributed by atoms with E-state index in [1.54, 1.807) is 0 Å². The molecule has 0 bridgehead atoms. The molecule has 0 aliphatic carbocycles. The van der Waals surface area contributed by atoms with Gasteiger partial charge in [-0.3, -0.25) is 14.4 Å². The van der Waals surface area contributed by atoms with Crippen LogP contribution in [0.5, 0.6) is 0 Å². The summed E-state index contributed by atoms with van der Waals surface area (Å²) >= 11 is 0. The fraction of sp³-hybridized carbons (Fsp3) is 0.853. The first-order valence-corrected chi connectivity index (χ1v) is 36.1. The maximum Gasteiger partial charge on any atom is 0.306 e. The van der Waals surface area contributed by atoms with Crippen LogP contribution in [0.1, 0.15) is 393 Å². The SMILES string of the molecule is CCCCCC/C=C\C/C=C\CCCCCCCC(=O)OCC(COC(=O)CCCCCCCCCCCCCCCCCCC/C=C\CCCCCCCCCC)OC(=O)CCCCCCCCC/C=C\CCCCCCCCC. The van der Waals surface area contributed by atoms with Crippen LogP contribution >= 0.6 is 0 Å². The molecule has 0 amide bonds. The first-order chi connectivity index (χ1) is 40.0. The van der Waals surface area contributed by atoms with Crippen molar-refractivity contribution in [1.82, 2.24) is 0 Å². The number of carbonyl (C=O) groups excluding carboxylic acids is 3. The minimum Gasteiger partial charge on any atom is -0.462 e. The Morgan fingerprint density at radius 1 is 0.247 bits per heavy atom. The van der Waals surface area contributed by atoms with E-state index in [9.17, 15) is 14.4 Å². The molecule has 81 heavy (non-hydrogen) atoms. The lowest BCUT2D eigenvalue weighted by atomic mass is 10.0. The Kier molecular flexibility index (Phi) is 67.6. The fourth-order valence-corrected chi connectivity index (χ4v) is 10.8. The van der Waals surface area contributed by atoms with Crippen LogP contribution in [-0.4, -0.2) is 37.2 Å². The summed E-state index contributed by atoms with van der Waals surface area (Å²) in [7, 11) is 0. The molecule has 0 N–H and O–H groups in total. The van der Waals surface area contributed by atoms with Crippen LogP contribution < -0.4 is 0 Å². The van der Waals surface area contributed by atoms with Crippen molar-refractivity contribution < 1.29 is 28.6 Å². The van der Waals surface area contributed by atoms with Crippen LogP contribution in [0.4, 0.5) is 0 Å². The van der Waals surface area contributed by atoms with Crippen molar-refractivity contribution in [3.8, 4) is 0 Å². The van der Waals surface area contributed by atoms with Crippen LogP contribution in [0.2, 0.25) is 0 Å². The normalized spacial score (nSPS) is 12.3. The molecule has 1 unspecified atom stereocenters. The minimum atomic E-state index is -0.781. The van der Waals surface area contributed by atoms with Crippen molar-refractivity contribution >= 4 is 17.9 Å². The first kappa shape index (κ1) is 78.4. The predicted octanol–water partition coefficient (Wildman–Crippen LogP) is 24.9. The van der Waals surface area contributed by atoms with Crippen molar-refractivity contribution in [1.29, 1.82) is 0 Å². The molecule has 0 aliphatic heterocycles. The third-order valence-corrected chi connectivity index (χ3v) is 16.3. The van der Waals surface area contributed by atoms with Crippen LogP contribution in [0.15, 0.2) is 48.6 Å². The predicted molar refractivity (Wildman–Crippen MR) is 353 cm³/mol. The number of ether oxygens (including phenoxy) is 3. The summed E-state index contributed by atoms with van der Waals surface area (Å²) in [5, 5.41) is 0. The highest BCUT2D eigenvalue weighted by molar-refractivity contribution is 5.71. The molecule has 0 heterocycles. The monoisotopic (exact) mass is 1140 g/mol. The number of esters is 3. The number of carbonyl (C=O) groups is 3. The zero-order chi connectivity index (χ0) is 58.5. The van der Waals surface area contributed by atoms with Gasteiger partial charge in [-0.15, -0.1) is 0 Å². The van der Waals surface area contributed by atoms with Crippen LogP contribution in [-0.2, 0) is 28.6 Å². The van der Waals surface area contributed by atoms with E-state index in [1.165, 1.54) is 276 Å². The van der Waals surface area contributed by atoms with Crippen molar-refractivity contribution in [2.45, 2.75) is 399 Å². The summed E-state index contributed by atoms with van der Waals surface area (Å²) in [5.74, 6) is -0.869. The fourth-order valence-electron chi connectivity index (χ4n) is 10.8. The van der Waals surface area contributed by atoms with Gasteiger partial charge in [0.1, 0.15) is 13.2 Å². The number of allylic oxidation sites excluding steroid dienone is 8. The van der Waals surface area contributed by atoms with Crippen LogP contribution in [0, 0.1) is 0 Å². The molecule has 0 saturated carbocycles. The smallest absolute Gasteiger partial charge is 0.306 e. The second kappa shape index (κ2) is 69.9. The van der Waals surface area contributed by atoms with E-state index in [2.05, 4.69) is 69.4 Å². The molecule has 0 spiro atoms. The third kappa shape index (κ3) is 68.0. The molecule has 0 rings (SSSR count). The Labute approximate surface area is 505 Å². The van der Waals surface area contributed by atoms with E-state index in [4.69, 9.17) is 14.2 Å². The van der Waals surface area contributed by atoms with Crippen molar-refractivity contribution in [2.24, 2.45) is 0 Å². The second-order valence-electron chi connectivity index (χ2n) is 24.5. The molecule has 0 radical (unpaired) electrons. The summed E-state index contributed by atoms with van der Waals surface area (Å²) in [4.78, 5) is 38.4. The maximum absolute atomic E-state index is 12.9. The zero-order valence-corrected chi connectivity index (χ0v) is 54.6. The van der Waals surface area contributed by atoms with Crippen molar-refractivity contribution in [2.75, 3.05) is 13.2 Å². The van der Waals surface area contributed by atoms with Gasteiger partial charge in [0.15, 0.2) is 6.10 Å². The minimum absolute atomic E-state index is 0.0757. The van der Waals surface area contributed by atoms with Gasteiger partial charge in [0, 0.05) is 19.3 Å². The lowest BCUT2D eigenvalue weighted by Crippen LogP contribution is -2.30. The lowest BCUT2D eigenvalue weighted by molar-refractivity contribution is -0.167. The van der Waals surface area contributed by atoms with E-state index in [0.29, 0.717) is 19.3 Å². The van der Waals surface area contributed by atoms with Gasteiger partial charge < -0.3 is 14.2 Å². The van der Waals surface area contributed by atoms with E-state index in [-0.39, 0.29) is 31.1 Å². The quantitative estimate of drug-likeness (QED) is 0.0261. The molecule has 0 aromatic heterocycles. The zero-order valence-electron chi connectivity index (χ0n) is 54.6. The summed E-state index contributed by atoms with van der Waals surface area (Å²) in [6, 6.07) is 0. The number of unbranched alkanes of at least 4 members (excludes halogenated alkanes) is 48. The Morgan fingerprint density at radius 2 is 0.444 bits per heavy atom. The van der Waals surface area contributed by atoms with E-state index >= 15 is 0 Å². The standard InChI is InChI=1S/C75H138O6/c1-4-7-10-13-16-19-22-25-28-31-33-34-35-36-37-38-39-40-41-42-43-45-47-50-53-56-59-62-65-68-74(77)80-71-72(70-79-73(76)67-64-61-58-55-52-49-46-30-27-24-21-18-15-12-9-6-3)81-75(78)69-66-63-60-57-54-51-48-44-32-29-26-23-20-17-14-11-8-5-2/h21,24,29-33,46,72H,4-20,22-23,25-28,34-45,47-71H2,1-3H3/b24-21-,32-29-,33-31-,46-30-. The van der Waals surface area contributed by atoms with Crippen molar-refractivity contribution in [3.05, 3.63) is 48.6 Å². The molecule has 0 aliphatic rings. The molecule has 6 heteroatoms. The van der Waals surface area contributed by atoms with Gasteiger partial charge in [0.05, 0.1) is 0 Å². The van der Waals surface area contributed by atoms with Crippen LogP contribution in [0.3, 0.4) is 0 Å². The second-order valence-corrected chi connectivity index (χ2v) is 24.5. The molecular formula is C75H138O6. The summed E-state index contributed by atoms with van der Waals surface area (Å²) in [6.07, 6.45) is 88.6. The average molecular weight is 1140 g/mol. The van der Waals surface area contributed by atoms with E-state index < -0.39 is 6.10 Å². The highest BCUT2D eigenvalue weighted by atomic mass is 16.6. The Hall–Kier alpha value is -2.63. The summed E-state index contributed by atoms with van der Waals surface area (Å²) in [5.41, 5.74) is 0. The molecular weight excluding hydrogens is 997 g/mol. The molecule has 0 saturated heterocycles. The maximum atomic E-state index is 12.9. The van der Waals surface area contributed by atoms with Crippen molar-refractivity contribution in [3.63, 3.8) is 0 Å². The average Bonchev–Trinajstić information content (AvgIpc) is 3.47. The summed E-state index contributed by atoms with van der Waals surface area (Å²) < 4.78 is 17.0. The van der Waals surface area contributed by atoms with Gasteiger partial charge >= 0.3 is 17.9 Å². The molecule has 0 aromatic carbocycles. The third-order valence-electron chi connectivity index (χ3n) is 16.3. The Morgan fingerprint density at radius 3 is 0.704 bits per heavy atom. The first-order valence-electron chi connectivity index (χ1n) is 36.1. The topological polar surface area (TPSA) is 78.9 Å². The van der Waals surface area contributed by atoms with Crippen LogP contribution in [0.25, 0.3) is 0 Å². The molecule has 6 nitrogen and oxygen atoms in total. The molecule has 0 fully saturated rings. The van der Waals surface area contributed by atoms with Gasteiger partial charge in [-0.1, -0.05) is 320 Å². The molecule has 1 atom stereocenters. The van der Waals surface area contributed by atoms with Gasteiger partial charge in [-0.05, 0) is 103 Å². The van der Waals surface area contributed by atoms with Gasteiger partial charge in [0.25, 0.3) is 0 Å². The van der Waals surface area contributed by atoms with E-state index in [0.717, 1.165) is 77.0 Å². The number of hydrogen-bond donors (Lipinski definition) is 0. The lowest BCUT2D eigenvalue weighted by Gasteiger charge is -2.18. The van der Waals surface area contributed by atoms with Gasteiger partial charge in [-0.25, -0.2) is 0 Å². The van der Waals surface area contributed by atoms with E-state index in [1.807, 2.05) is 0 Å². The Balaban J connectivity index is 4.24. The number of hydrogen-bond acceptors (Lipinski definition) is 6. The molecule has 0 aromatic rings. The van der Waals surface area contributed by atoms with Gasteiger partial charge in [0.2, 0.25) is 0 Å². The Bertz CT molecular complexity index is 1400. The highest BCUT2D eigenvalue weighted by Gasteiger charge is 2.19.